The number of allylic oxidation sites excluding steroid dienone is 4. The Kier molecular flexibility index (Phi) is 3.69. The fraction of sp³-hybridized carbons (Fsp3) is 0.176. The molecule has 0 atom stereocenters. The standard InChI is InChI=1S/C17H16N2O2/c1-21-14-8-4-7-13(10-14)15-11-17(20)19-16(18-15)9-12-5-2-3-6-12/h2,4-8,10-11H,3,9H2,1H3,(H,18,19,20). The summed E-state index contributed by atoms with van der Waals surface area (Å²) in [5.41, 5.74) is 2.58. The fourth-order valence-electron chi connectivity index (χ4n) is 2.35. The molecule has 1 aliphatic carbocycles. The van der Waals surface area contributed by atoms with Gasteiger partial charge in [-0.2, -0.15) is 0 Å². The number of methoxy groups -OCH3 is 1. The summed E-state index contributed by atoms with van der Waals surface area (Å²) in [5, 5.41) is 0. The van der Waals surface area contributed by atoms with Crippen LogP contribution in [0.1, 0.15) is 12.2 Å². The molecule has 0 saturated heterocycles. The Morgan fingerprint density at radius 1 is 1.33 bits per heavy atom. The minimum Gasteiger partial charge on any atom is -0.497 e. The minimum absolute atomic E-state index is 0.139. The van der Waals surface area contributed by atoms with Crippen molar-refractivity contribution in [2.45, 2.75) is 12.8 Å². The van der Waals surface area contributed by atoms with Gasteiger partial charge in [-0.15, -0.1) is 0 Å². The summed E-state index contributed by atoms with van der Waals surface area (Å²) in [6.45, 7) is 0. The molecule has 4 nitrogen and oxygen atoms in total. The van der Waals surface area contributed by atoms with Gasteiger partial charge in [-0.05, 0) is 24.1 Å². The average Bonchev–Trinajstić information content (AvgIpc) is 2.99. The number of hydrogen-bond donors (Lipinski definition) is 1. The maximum atomic E-state index is 11.8. The number of benzene rings is 1. The molecule has 0 bridgehead atoms. The molecule has 4 heteroatoms. The van der Waals surface area contributed by atoms with Crippen LogP contribution in [0.4, 0.5) is 0 Å². The van der Waals surface area contributed by atoms with Crippen molar-refractivity contribution >= 4 is 0 Å². The number of nitrogens with one attached hydrogen (secondary N) is 1. The van der Waals surface area contributed by atoms with Gasteiger partial charge in [0.25, 0.3) is 5.56 Å². The third kappa shape index (κ3) is 3.11. The Hall–Kier alpha value is -2.62. The lowest BCUT2D eigenvalue weighted by Gasteiger charge is -2.06. The van der Waals surface area contributed by atoms with E-state index in [1.807, 2.05) is 24.3 Å². The zero-order chi connectivity index (χ0) is 14.7. The van der Waals surface area contributed by atoms with Crippen LogP contribution in [0.3, 0.4) is 0 Å². The number of aromatic nitrogens is 2. The molecule has 0 amide bonds. The van der Waals surface area contributed by atoms with Gasteiger partial charge < -0.3 is 9.72 Å². The van der Waals surface area contributed by atoms with Crippen molar-refractivity contribution < 1.29 is 4.74 Å². The summed E-state index contributed by atoms with van der Waals surface area (Å²) < 4.78 is 5.21. The average molecular weight is 280 g/mol. The first-order valence-electron chi connectivity index (χ1n) is 6.85. The molecule has 2 aromatic rings. The van der Waals surface area contributed by atoms with Crippen molar-refractivity contribution in [1.82, 2.24) is 9.97 Å². The first kappa shape index (κ1) is 13.4. The van der Waals surface area contributed by atoms with E-state index in [0.717, 1.165) is 17.7 Å². The molecule has 0 saturated carbocycles. The zero-order valence-corrected chi connectivity index (χ0v) is 11.8. The van der Waals surface area contributed by atoms with Crippen LogP contribution in [0.2, 0.25) is 0 Å². The number of rotatable bonds is 4. The second-order valence-electron chi connectivity index (χ2n) is 4.90. The lowest BCUT2D eigenvalue weighted by Crippen LogP contribution is -2.11. The molecule has 0 radical (unpaired) electrons. The van der Waals surface area contributed by atoms with Gasteiger partial charge >= 0.3 is 0 Å². The molecule has 0 aliphatic heterocycles. The fourth-order valence-corrected chi connectivity index (χ4v) is 2.35. The van der Waals surface area contributed by atoms with Crippen molar-refractivity contribution in [1.29, 1.82) is 0 Å². The smallest absolute Gasteiger partial charge is 0.251 e. The molecular formula is C17H16N2O2. The Labute approximate surface area is 122 Å². The monoisotopic (exact) mass is 280 g/mol. The van der Waals surface area contributed by atoms with Gasteiger partial charge in [-0.25, -0.2) is 4.98 Å². The summed E-state index contributed by atoms with van der Waals surface area (Å²) in [5.74, 6) is 1.43. The van der Waals surface area contributed by atoms with Crippen molar-refractivity contribution in [2.75, 3.05) is 7.11 Å². The van der Waals surface area contributed by atoms with Gasteiger partial charge in [-0.3, -0.25) is 4.79 Å². The lowest BCUT2D eigenvalue weighted by molar-refractivity contribution is 0.415. The van der Waals surface area contributed by atoms with E-state index in [1.165, 1.54) is 11.6 Å². The first-order valence-corrected chi connectivity index (χ1v) is 6.85. The minimum atomic E-state index is -0.139. The number of H-pyrrole nitrogens is 1. The number of nitrogens with zero attached hydrogens (tertiary/aromatic N) is 1. The Bertz CT molecular complexity index is 772. The lowest BCUT2D eigenvalue weighted by atomic mass is 10.1. The van der Waals surface area contributed by atoms with Crippen LogP contribution in [-0.2, 0) is 6.42 Å². The van der Waals surface area contributed by atoms with E-state index in [2.05, 4.69) is 28.2 Å². The maximum Gasteiger partial charge on any atom is 0.251 e. The molecule has 3 rings (SSSR count). The van der Waals surface area contributed by atoms with E-state index < -0.39 is 0 Å². The van der Waals surface area contributed by atoms with Gasteiger partial charge in [-0.1, -0.05) is 30.4 Å². The van der Waals surface area contributed by atoms with E-state index >= 15 is 0 Å². The van der Waals surface area contributed by atoms with Gasteiger partial charge in [0.15, 0.2) is 0 Å². The molecule has 1 N–H and O–H groups in total. The third-order valence-electron chi connectivity index (χ3n) is 3.38. The Balaban J connectivity index is 1.96. The highest BCUT2D eigenvalue weighted by Crippen LogP contribution is 2.21. The summed E-state index contributed by atoms with van der Waals surface area (Å²) in [6.07, 6.45) is 7.90. The molecule has 0 unspecified atom stereocenters. The molecule has 0 spiro atoms. The summed E-state index contributed by atoms with van der Waals surface area (Å²) in [7, 11) is 1.62. The number of aromatic amines is 1. The highest BCUT2D eigenvalue weighted by atomic mass is 16.5. The van der Waals surface area contributed by atoms with Crippen molar-refractivity contribution in [2.24, 2.45) is 0 Å². The van der Waals surface area contributed by atoms with Gasteiger partial charge in [0.2, 0.25) is 0 Å². The highest BCUT2D eigenvalue weighted by molar-refractivity contribution is 5.60. The second-order valence-corrected chi connectivity index (χ2v) is 4.90. The largest absolute Gasteiger partial charge is 0.497 e. The van der Waals surface area contributed by atoms with Crippen LogP contribution in [0.15, 0.2) is 58.9 Å². The molecule has 1 heterocycles. The van der Waals surface area contributed by atoms with Crippen LogP contribution in [0.25, 0.3) is 11.3 Å². The normalized spacial score (nSPS) is 13.3. The van der Waals surface area contributed by atoms with E-state index in [-0.39, 0.29) is 5.56 Å². The Morgan fingerprint density at radius 3 is 3.00 bits per heavy atom. The molecule has 0 fully saturated rings. The van der Waals surface area contributed by atoms with E-state index in [4.69, 9.17) is 4.74 Å². The second kappa shape index (κ2) is 5.79. The van der Waals surface area contributed by atoms with Gasteiger partial charge in [0.1, 0.15) is 11.6 Å². The van der Waals surface area contributed by atoms with Crippen molar-refractivity contribution in [3.05, 3.63) is 70.3 Å². The van der Waals surface area contributed by atoms with Crippen LogP contribution in [0, 0.1) is 0 Å². The topological polar surface area (TPSA) is 55.0 Å². The number of hydrogen-bond acceptors (Lipinski definition) is 3. The quantitative estimate of drug-likeness (QED) is 0.937. The van der Waals surface area contributed by atoms with Crippen molar-refractivity contribution in [3.8, 4) is 17.0 Å². The highest BCUT2D eigenvalue weighted by Gasteiger charge is 2.07. The molecule has 106 valence electrons. The SMILES string of the molecule is COc1cccc(-c2cc(=O)[nH]c(CC3=CCC=C3)n2)c1. The third-order valence-corrected chi connectivity index (χ3v) is 3.38. The van der Waals surface area contributed by atoms with Crippen molar-refractivity contribution in [3.63, 3.8) is 0 Å². The zero-order valence-electron chi connectivity index (χ0n) is 11.8. The van der Waals surface area contributed by atoms with Crippen LogP contribution >= 0.6 is 0 Å². The predicted octanol–water partition coefficient (Wildman–Crippen LogP) is 2.87. The first-order chi connectivity index (χ1) is 10.2. The van der Waals surface area contributed by atoms with E-state index in [0.29, 0.717) is 17.9 Å². The molecular weight excluding hydrogens is 264 g/mol. The summed E-state index contributed by atoms with van der Waals surface area (Å²) in [4.78, 5) is 19.2. The van der Waals surface area contributed by atoms with Gasteiger partial charge in [0, 0.05) is 18.1 Å². The van der Waals surface area contributed by atoms with Crippen LogP contribution in [-0.4, -0.2) is 17.1 Å². The van der Waals surface area contributed by atoms with Crippen LogP contribution in [0.5, 0.6) is 5.75 Å². The van der Waals surface area contributed by atoms with E-state index in [9.17, 15) is 4.79 Å². The van der Waals surface area contributed by atoms with Gasteiger partial charge in [0.05, 0.1) is 12.8 Å². The molecule has 1 aromatic heterocycles. The molecule has 1 aromatic carbocycles. The molecule has 21 heavy (non-hydrogen) atoms. The number of ether oxygens (including phenoxy) is 1. The van der Waals surface area contributed by atoms with Crippen LogP contribution < -0.4 is 10.3 Å². The Morgan fingerprint density at radius 2 is 2.24 bits per heavy atom. The van der Waals surface area contributed by atoms with E-state index in [1.54, 1.807) is 7.11 Å². The summed E-state index contributed by atoms with van der Waals surface area (Å²) >= 11 is 0. The predicted molar refractivity (Wildman–Crippen MR) is 82.4 cm³/mol. The molecule has 1 aliphatic rings. The maximum absolute atomic E-state index is 11.8. The summed E-state index contributed by atoms with van der Waals surface area (Å²) in [6, 6.07) is 9.06.